The number of rotatable bonds is 3. The van der Waals surface area contributed by atoms with Crippen molar-refractivity contribution in [2.75, 3.05) is 20.0 Å². The van der Waals surface area contributed by atoms with Crippen molar-refractivity contribution in [3.05, 3.63) is 23.3 Å². The first kappa shape index (κ1) is 11.4. The third-order valence-electron chi connectivity index (χ3n) is 2.27. The first-order chi connectivity index (χ1) is 7.08. The lowest BCUT2D eigenvalue weighted by molar-refractivity contribution is -0.139. The summed E-state index contributed by atoms with van der Waals surface area (Å²) in [5, 5.41) is 0. The van der Waals surface area contributed by atoms with Gasteiger partial charge in [-0.25, -0.2) is 0 Å². The van der Waals surface area contributed by atoms with Crippen LogP contribution in [0, 0.1) is 6.92 Å². The summed E-state index contributed by atoms with van der Waals surface area (Å²) in [6, 6.07) is 3.49. The normalized spacial score (nSPS) is 9.80. The Morgan fingerprint density at radius 2 is 2.07 bits per heavy atom. The lowest BCUT2D eigenvalue weighted by atomic mass is 10.0. The molecule has 0 aliphatic carbocycles. The molecule has 82 valence electrons. The van der Waals surface area contributed by atoms with E-state index in [4.69, 9.17) is 10.5 Å². The number of benzene rings is 1. The van der Waals surface area contributed by atoms with Crippen LogP contribution in [0.15, 0.2) is 12.1 Å². The highest BCUT2D eigenvalue weighted by molar-refractivity contribution is 5.74. The molecule has 15 heavy (non-hydrogen) atoms. The van der Waals surface area contributed by atoms with Crippen molar-refractivity contribution >= 4 is 11.7 Å². The van der Waals surface area contributed by atoms with Crippen LogP contribution in [0.4, 0.5) is 5.69 Å². The molecule has 0 saturated carbocycles. The molecule has 4 nitrogen and oxygen atoms in total. The summed E-state index contributed by atoms with van der Waals surface area (Å²) in [6.07, 6.45) is 0.212. The number of hydrogen-bond acceptors (Lipinski definition) is 4. The molecule has 0 amide bonds. The van der Waals surface area contributed by atoms with E-state index in [2.05, 4.69) is 4.74 Å². The van der Waals surface area contributed by atoms with E-state index < -0.39 is 0 Å². The maximum atomic E-state index is 11.1. The summed E-state index contributed by atoms with van der Waals surface area (Å²) in [4.78, 5) is 11.1. The number of carbonyl (C=O) groups is 1. The molecule has 0 heterocycles. The van der Waals surface area contributed by atoms with Gasteiger partial charge in [-0.05, 0) is 24.1 Å². The maximum absolute atomic E-state index is 11.1. The molecule has 0 aliphatic rings. The minimum Gasteiger partial charge on any atom is -0.496 e. The van der Waals surface area contributed by atoms with Crippen LogP contribution in [-0.2, 0) is 16.0 Å². The molecule has 0 saturated heterocycles. The lowest BCUT2D eigenvalue weighted by Crippen LogP contribution is -2.07. The van der Waals surface area contributed by atoms with Crippen LogP contribution in [-0.4, -0.2) is 20.2 Å². The molecular formula is C11H15NO3. The second kappa shape index (κ2) is 4.68. The van der Waals surface area contributed by atoms with Crippen LogP contribution in [0.2, 0.25) is 0 Å². The second-order valence-corrected chi connectivity index (χ2v) is 3.26. The molecule has 0 aromatic heterocycles. The molecule has 0 aliphatic heterocycles. The molecule has 0 unspecified atom stereocenters. The monoisotopic (exact) mass is 209 g/mol. The fourth-order valence-corrected chi connectivity index (χ4v) is 1.39. The number of nitrogens with two attached hydrogens (primary N) is 1. The Hall–Kier alpha value is -1.71. The standard InChI is InChI=1S/C11H15NO3/c1-7-8(5-11(13)15-3)4-9(12)6-10(7)14-2/h4,6H,5,12H2,1-3H3. The Morgan fingerprint density at radius 3 is 2.60 bits per heavy atom. The molecule has 1 aromatic rings. The quantitative estimate of drug-likeness (QED) is 0.602. The van der Waals surface area contributed by atoms with E-state index in [1.165, 1.54) is 7.11 Å². The molecule has 0 spiro atoms. The van der Waals surface area contributed by atoms with Gasteiger partial charge in [0.15, 0.2) is 0 Å². The number of nitrogen functional groups attached to an aromatic ring is 1. The largest absolute Gasteiger partial charge is 0.496 e. The highest BCUT2D eigenvalue weighted by Gasteiger charge is 2.10. The van der Waals surface area contributed by atoms with Gasteiger partial charge < -0.3 is 15.2 Å². The summed E-state index contributed by atoms with van der Waals surface area (Å²) in [7, 11) is 2.94. The van der Waals surface area contributed by atoms with Gasteiger partial charge in [-0.3, -0.25) is 4.79 Å². The van der Waals surface area contributed by atoms with Crippen LogP contribution in [0.1, 0.15) is 11.1 Å². The van der Waals surface area contributed by atoms with E-state index in [0.717, 1.165) is 11.1 Å². The molecule has 2 N–H and O–H groups in total. The van der Waals surface area contributed by atoms with E-state index in [0.29, 0.717) is 11.4 Å². The van der Waals surface area contributed by atoms with E-state index in [-0.39, 0.29) is 12.4 Å². The molecule has 1 aromatic carbocycles. The molecular weight excluding hydrogens is 194 g/mol. The van der Waals surface area contributed by atoms with Crippen molar-refractivity contribution in [1.82, 2.24) is 0 Å². The Balaban J connectivity index is 3.06. The summed E-state index contributed by atoms with van der Waals surface area (Å²) in [6.45, 7) is 1.89. The average molecular weight is 209 g/mol. The highest BCUT2D eigenvalue weighted by atomic mass is 16.5. The first-order valence-corrected chi connectivity index (χ1v) is 4.58. The van der Waals surface area contributed by atoms with Crippen LogP contribution in [0.5, 0.6) is 5.75 Å². The Labute approximate surface area is 89.0 Å². The fraction of sp³-hybridized carbons (Fsp3) is 0.364. The highest BCUT2D eigenvalue weighted by Crippen LogP contribution is 2.25. The van der Waals surface area contributed by atoms with Crippen LogP contribution in [0.25, 0.3) is 0 Å². The fourth-order valence-electron chi connectivity index (χ4n) is 1.39. The van der Waals surface area contributed by atoms with Gasteiger partial charge in [-0.2, -0.15) is 0 Å². The van der Waals surface area contributed by atoms with Crippen molar-refractivity contribution in [2.24, 2.45) is 0 Å². The maximum Gasteiger partial charge on any atom is 0.309 e. The van der Waals surface area contributed by atoms with Gasteiger partial charge in [0.25, 0.3) is 0 Å². The number of ether oxygens (including phenoxy) is 2. The van der Waals surface area contributed by atoms with Crippen molar-refractivity contribution in [3.63, 3.8) is 0 Å². The lowest BCUT2D eigenvalue weighted by Gasteiger charge is -2.10. The molecule has 0 atom stereocenters. The molecule has 1 rings (SSSR count). The van der Waals surface area contributed by atoms with Crippen molar-refractivity contribution in [3.8, 4) is 5.75 Å². The minimum absolute atomic E-state index is 0.212. The zero-order chi connectivity index (χ0) is 11.4. The van der Waals surface area contributed by atoms with Crippen molar-refractivity contribution < 1.29 is 14.3 Å². The summed E-state index contributed by atoms with van der Waals surface area (Å²) >= 11 is 0. The van der Waals surface area contributed by atoms with Crippen LogP contribution >= 0.6 is 0 Å². The van der Waals surface area contributed by atoms with E-state index in [1.807, 2.05) is 6.92 Å². The number of anilines is 1. The smallest absolute Gasteiger partial charge is 0.309 e. The van der Waals surface area contributed by atoms with Gasteiger partial charge in [0.05, 0.1) is 20.6 Å². The van der Waals surface area contributed by atoms with Crippen molar-refractivity contribution in [2.45, 2.75) is 13.3 Å². The van der Waals surface area contributed by atoms with Crippen molar-refractivity contribution in [1.29, 1.82) is 0 Å². The van der Waals surface area contributed by atoms with Crippen LogP contribution in [0.3, 0.4) is 0 Å². The Kier molecular flexibility index (Phi) is 3.55. The van der Waals surface area contributed by atoms with E-state index in [1.54, 1.807) is 19.2 Å². The Bertz CT molecular complexity index is 374. The predicted molar refractivity (Wildman–Crippen MR) is 57.9 cm³/mol. The second-order valence-electron chi connectivity index (χ2n) is 3.26. The van der Waals surface area contributed by atoms with Gasteiger partial charge in [-0.1, -0.05) is 0 Å². The van der Waals surface area contributed by atoms with Crippen LogP contribution < -0.4 is 10.5 Å². The van der Waals surface area contributed by atoms with Gasteiger partial charge in [0.1, 0.15) is 5.75 Å². The number of methoxy groups -OCH3 is 2. The van der Waals surface area contributed by atoms with Gasteiger partial charge in [0, 0.05) is 11.8 Å². The predicted octanol–water partition coefficient (Wildman–Crippen LogP) is 1.30. The molecule has 0 fully saturated rings. The third-order valence-corrected chi connectivity index (χ3v) is 2.27. The number of esters is 1. The van der Waals surface area contributed by atoms with Gasteiger partial charge in [0.2, 0.25) is 0 Å². The minimum atomic E-state index is -0.286. The van der Waals surface area contributed by atoms with E-state index >= 15 is 0 Å². The zero-order valence-electron chi connectivity index (χ0n) is 9.16. The number of carbonyl (C=O) groups excluding carboxylic acids is 1. The topological polar surface area (TPSA) is 61.5 Å². The third kappa shape index (κ3) is 2.62. The molecule has 0 radical (unpaired) electrons. The summed E-state index contributed by atoms with van der Waals surface area (Å²) in [5.74, 6) is 0.402. The molecule has 0 bridgehead atoms. The Morgan fingerprint density at radius 1 is 1.40 bits per heavy atom. The van der Waals surface area contributed by atoms with Gasteiger partial charge >= 0.3 is 5.97 Å². The SMILES string of the molecule is COC(=O)Cc1cc(N)cc(OC)c1C. The van der Waals surface area contributed by atoms with E-state index in [9.17, 15) is 4.79 Å². The summed E-state index contributed by atoms with van der Waals surface area (Å²) < 4.78 is 9.75. The average Bonchev–Trinajstić information content (AvgIpc) is 2.22. The number of hydrogen-bond donors (Lipinski definition) is 1. The molecule has 4 heteroatoms. The van der Waals surface area contributed by atoms with Gasteiger partial charge in [-0.15, -0.1) is 0 Å². The zero-order valence-corrected chi connectivity index (χ0v) is 9.16. The first-order valence-electron chi connectivity index (χ1n) is 4.58. The summed E-state index contributed by atoms with van der Waals surface area (Å²) in [5.41, 5.74) is 8.02.